The molecule has 1 saturated heterocycles. The Kier molecular flexibility index (Phi) is 2.83. The lowest BCUT2D eigenvalue weighted by molar-refractivity contribution is 0.223. The molecule has 2 nitrogen and oxygen atoms in total. The van der Waals surface area contributed by atoms with Crippen LogP contribution in [0, 0.1) is 6.92 Å². The number of aryl methyl sites for hydroxylation is 1. The topological polar surface area (TPSA) is 15.3 Å². The molecule has 2 heteroatoms. The summed E-state index contributed by atoms with van der Waals surface area (Å²) in [4.78, 5) is 2.67. The Labute approximate surface area is 104 Å². The second-order valence-corrected chi connectivity index (χ2v) is 5.63. The number of nitrogens with one attached hydrogen (secondary N) is 1. The van der Waals surface area contributed by atoms with E-state index in [1.165, 1.54) is 49.2 Å². The van der Waals surface area contributed by atoms with Crippen molar-refractivity contribution < 1.29 is 0 Å². The summed E-state index contributed by atoms with van der Waals surface area (Å²) >= 11 is 0. The van der Waals surface area contributed by atoms with Gasteiger partial charge in [0, 0.05) is 17.8 Å². The van der Waals surface area contributed by atoms with Gasteiger partial charge in [-0.3, -0.25) is 4.90 Å². The van der Waals surface area contributed by atoms with Crippen LogP contribution in [0.25, 0.3) is 0 Å². The van der Waals surface area contributed by atoms with Gasteiger partial charge in [0.05, 0.1) is 0 Å². The van der Waals surface area contributed by atoms with Crippen LogP contribution in [-0.2, 0) is 0 Å². The summed E-state index contributed by atoms with van der Waals surface area (Å²) < 4.78 is 0. The van der Waals surface area contributed by atoms with Gasteiger partial charge in [0.15, 0.2) is 0 Å². The number of likely N-dealkylation sites (tertiary alicyclic amines) is 1. The van der Waals surface area contributed by atoms with E-state index in [1.54, 1.807) is 0 Å². The molecule has 0 bridgehead atoms. The Morgan fingerprint density at radius 3 is 2.76 bits per heavy atom. The maximum Gasteiger partial charge on any atom is 0.0393 e. The summed E-state index contributed by atoms with van der Waals surface area (Å²) in [5.41, 5.74) is 4.22. The van der Waals surface area contributed by atoms with Crippen LogP contribution in [0.4, 0.5) is 5.69 Å². The minimum atomic E-state index is 0.592. The molecule has 0 spiro atoms. The molecule has 1 fully saturated rings. The van der Waals surface area contributed by atoms with Gasteiger partial charge in [0.2, 0.25) is 0 Å². The quantitative estimate of drug-likeness (QED) is 0.796. The molecule has 0 radical (unpaired) electrons. The van der Waals surface area contributed by atoms with Crippen molar-refractivity contribution in [3.63, 3.8) is 0 Å². The zero-order valence-corrected chi connectivity index (χ0v) is 10.9. The Morgan fingerprint density at radius 2 is 2.00 bits per heavy atom. The number of rotatable bonds is 1. The molecule has 92 valence electrons. The molecule has 17 heavy (non-hydrogen) atoms. The number of hydrogen-bond acceptors (Lipinski definition) is 2. The van der Waals surface area contributed by atoms with Crippen molar-refractivity contribution in [3.8, 4) is 0 Å². The van der Waals surface area contributed by atoms with Crippen molar-refractivity contribution in [1.29, 1.82) is 0 Å². The molecular weight excluding hydrogens is 208 g/mol. The van der Waals surface area contributed by atoms with E-state index in [-0.39, 0.29) is 0 Å². The average molecular weight is 230 g/mol. The second-order valence-electron chi connectivity index (χ2n) is 5.63. The summed E-state index contributed by atoms with van der Waals surface area (Å²) in [5.74, 6) is 0. The number of fused-ring (bicyclic) bond motifs is 1. The molecule has 2 atom stereocenters. The summed E-state index contributed by atoms with van der Waals surface area (Å²) in [6, 6.07) is 8.11. The monoisotopic (exact) mass is 230 g/mol. The molecule has 1 N–H and O–H groups in total. The Bertz CT molecular complexity index is 407. The fraction of sp³-hybridized carbons (Fsp3) is 0.600. The van der Waals surface area contributed by atoms with E-state index in [2.05, 4.69) is 42.3 Å². The maximum absolute atomic E-state index is 3.63. The van der Waals surface area contributed by atoms with Gasteiger partial charge in [-0.1, -0.05) is 12.1 Å². The van der Waals surface area contributed by atoms with E-state index in [9.17, 15) is 0 Å². The van der Waals surface area contributed by atoms with Crippen LogP contribution in [-0.4, -0.2) is 24.0 Å². The Morgan fingerprint density at radius 1 is 1.24 bits per heavy atom. The predicted molar refractivity (Wildman–Crippen MR) is 72.4 cm³/mol. The highest BCUT2D eigenvalue weighted by Crippen LogP contribution is 2.38. The summed E-state index contributed by atoms with van der Waals surface area (Å²) in [6.45, 7) is 7.04. The van der Waals surface area contributed by atoms with Gasteiger partial charge in [-0.05, 0) is 63.4 Å². The van der Waals surface area contributed by atoms with E-state index in [0.717, 1.165) is 0 Å². The third-order valence-corrected chi connectivity index (χ3v) is 4.13. The van der Waals surface area contributed by atoms with Crippen LogP contribution in [0.1, 0.15) is 43.4 Å². The van der Waals surface area contributed by atoms with E-state index >= 15 is 0 Å². The minimum absolute atomic E-state index is 0.592. The lowest BCUT2D eigenvalue weighted by Gasteiger charge is -2.37. The fourth-order valence-corrected chi connectivity index (χ4v) is 3.27. The Hall–Kier alpha value is -1.02. The number of hydrogen-bond donors (Lipinski definition) is 1. The normalized spacial score (nSPS) is 28.8. The van der Waals surface area contributed by atoms with Crippen LogP contribution >= 0.6 is 0 Å². The highest BCUT2D eigenvalue weighted by molar-refractivity contribution is 5.57. The lowest BCUT2D eigenvalue weighted by atomic mass is 9.91. The summed E-state index contributed by atoms with van der Waals surface area (Å²) in [5, 5.41) is 3.63. The molecule has 0 aliphatic carbocycles. The molecular formula is C15H22N2. The highest BCUT2D eigenvalue weighted by Gasteiger charge is 2.30. The first-order valence-electron chi connectivity index (χ1n) is 6.85. The van der Waals surface area contributed by atoms with Crippen LogP contribution in [0.3, 0.4) is 0 Å². The van der Waals surface area contributed by atoms with E-state index in [1.807, 2.05) is 0 Å². The van der Waals surface area contributed by atoms with E-state index < -0.39 is 0 Å². The Balaban J connectivity index is 1.95. The van der Waals surface area contributed by atoms with Crippen LogP contribution in [0.15, 0.2) is 18.2 Å². The van der Waals surface area contributed by atoms with Gasteiger partial charge in [-0.2, -0.15) is 0 Å². The van der Waals surface area contributed by atoms with E-state index in [4.69, 9.17) is 0 Å². The third-order valence-electron chi connectivity index (χ3n) is 4.13. The van der Waals surface area contributed by atoms with Gasteiger partial charge in [0.25, 0.3) is 0 Å². The first-order chi connectivity index (χ1) is 8.24. The van der Waals surface area contributed by atoms with Gasteiger partial charge in [-0.15, -0.1) is 0 Å². The van der Waals surface area contributed by atoms with Crippen LogP contribution in [0.2, 0.25) is 0 Å². The number of anilines is 1. The molecule has 2 aliphatic rings. The van der Waals surface area contributed by atoms with Gasteiger partial charge < -0.3 is 5.32 Å². The zero-order chi connectivity index (χ0) is 11.8. The molecule has 1 aromatic carbocycles. The molecule has 2 aliphatic heterocycles. The van der Waals surface area contributed by atoms with Crippen LogP contribution < -0.4 is 5.32 Å². The van der Waals surface area contributed by atoms with Gasteiger partial charge in [-0.25, -0.2) is 0 Å². The smallest absolute Gasteiger partial charge is 0.0393 e. The van der Waals surface area contributed by atoms with Crippen molar-refractivity contribution in [2.45, 2.75) is 45.2 Å². The molecule has 1 aromatic rings. The second kappa shape index (κ2) is 4.34. The van der Waals surface area contributed by atoms with Crippen molar-refractivity contribution in [3.05, 3.63) is 29.3 Å². The molecule has 2 heterocycles. The van der Waals surface area contributed by atoms with Crippen molar-refractivity contribution >= 4 is 5.69 Å². The molecule has 2 unspecified atom stereocenters. The van der Waals surface area contributed by atoms with Gasteiger partial charge >= 0.3 is 0 Å². The third kappa shape index (κ3) is 2.06. The van der Waals surface area contributed by atoms with Crippen molar-refractivity contribution in [2.75, 3.05) is 18.4 Å². The molecule has 3 rings (SSSR count). The minimum Gasteiger partial charge on any atom is -0.382 e. The molecule has 0 aromatic heterocycles. The SMILES string of the molecule is Cc1ccc2c(c1)NC(C)CC2N1CCCC1. The highest BCUT2D eigenvalue weighted by atomic mass is 15.2. The average Bonchev–Trinajstić information content (AvgIpc) is 2.80. The van der Waals surface area contributed by atoms with E-state index in [0.29, 0.717) is 12.1 Å². The van der Waals surface area contributed by atoms with Crippen LogP contribution in [0.5, 0.6) is 0 Å². The maximum atomic E-state index is 3.63. The van der Waals surface area contributed by atoms with Gasteiger partial charge in [0.1, 0.15) is 0 Å². The van der Waals surface area contributed by atoms with Crippen molar-refractivity contribution in [1.82, 2.24) is 4.90 Å². The number of nitrogens with zero attached hydrogens (tertiary/aromatic N) is 1. The fourth-order valence-electron chi connectivity index (χ4n) is 3.27. The van der Waals surface area contributed by atoms with Crippen molar-refractivity contribution in [2.24, 2.45) is 0 Å². The standard InChI is InChI=1S/C15H22N2/c1-11-5-6-13-14(9-11)16-12(2)10-15(13)17-7-3-4-8-17/h5-6,9,12,15-16H,3-4,7-8,10H2,1-2H3. The predicted octanol–water partition coefficient (Wildman–Crippen LogP) is 3.34. The summed E-state index contributed by atoms with van der Waals surface area (Å²) in [6.07, 6.45) is 4.00. The first-order valence-corrected chi connectivity index (χ1v) is 6.85. The molecule has 0 amide bonds. The number of benzene rings is 1. The molecule has 0 saturated carbocycles. The largest absolute Gasteiger partial charge is 0.382 e. The summed E-state index contributed by atoms with van der Waals surface area (Å²) in [7, 11) is 0. The lowest BCUT2D eigenvalue weighted by Crippen LogP contribution is -2.35. The zero-order valence-electron chi connectivity index (χ0n) is 10.9. The first kappa shape index (κ1) is 11.1.